The van der Waals surface area contributed by atoms with Gasteiger partial charge in [-0.25, -0.2) is 4.98 Å². The topological polar surface area (TPSA) is 95.3 Å². The lowest BCUT2D eigenvalue weighted by Crippen LogP contribution is -2.50. The van der Waals surface area contributed by atoms with Gasteiger partial charge in [-0.05, 0) is 45.3 Å². The minimum Gasteiger partial charge on any atom is -0.459 e. The van der Waals surface area contributed by atoms with Gasteiger partial charge in [0.1, 0.15) is 18.9 Å². The second-order valence-corrected chi connectivity index (χ2v) is 21.7. The molecule has 3 saturated heterocycles. The fourth-order valence-electron chi connectivity index (χ4n) is 6.25. The summed E-state index contributed by atoms with van der Waals surface area (Å²) in [5.74, 6) is 0. The van der Waals surface area contributed by atoms with Crippen LogP contribution >= 0.6 is 11.6 Å². The molecule has 2 aromatic heterocycles. The Morgan fingerprint density at radius 2 is 1.64 bits per heavy atom. The van der Waals surface area contributed by atoms with Gasteiger partial charge < -0.3 is 33.0 Å². The molecule has 1 unspecified atom stereocenters. The monoisotopic (exact) mass is 719 g/mol. The summed E-state index contributed by atoms with van der Waals surface area (Å²) in [6.45, 7) is 17.0. The van der Waals surface area contributed by atoms with Crippen molar-refractivity contribution in [1.82, 2.24) is 14.5 Å². The van der Waals surface area contributed by atoms with Crippen LogP contribution in [0.15, 0.2) is 60.7 Å². The van der Waals surface area contributed by atoms with Crippen LogP contribution in [0.4, 0.5) is 0 Å². The number of benzene rings is 2. The van der Waals surface area contributed by atoms with E-state index >= 15 is 0 Å². The van der Waals surface area contributed by atoms with Crippen LogP contribution in [0.25, 0.3) is 22.4 Å². The SMILES string of the molecule is CC1(C)OB(c2ccc(-c3nc4nc(O[C@H]5CO[C@@H]6COC(c7ccccc7)O[C@H]6C5)n(COCC[Si](C)(C)C)c4cc3Cl)cc2)OC1(C)C. The molecular formula is C37H47BClN3O7Si. The third-order valence-electron chi connectivity index (χ3n) is 10.0. The van der Waals surface area contributed by atoms with E-state index in [-0.39, 0.29) is 25.0 Å². The smallest absolute Gasteiger partial charge is 0.459 e. The zero-order valence-corrected chi connectivity index (χ0v) is 31.7. The third kappa shape index (κ3) is 7.54. The second kappa shape index (κ2) is 14.0. The molecule has 0 amide bonds. The number of hydrogen-bond acceptors (Lipinski definition) is 9. The van der Waals surface area contributed by atoms with Crippen LogP contribution < -0.4 is 10.2 Å². The molecule has 0 radical (unpaired) electrons. The standard InChI is InChI=1S/C37H47BClN3O7Si/c1-36(2)37(3,4)49-38(48-36)26-15-13-24(14-16-26)32-28(39)20-29-33(40-32)41-35(42(29)23-43-17-18-50(5,6)7)46-27-19-30-31(44-21-27)22-45-34(47-30)25-11-9-8-10-12-25/h8-16,20,27,30-31,34H,17-19,21-23H2,1-7H3/t27-,30+,31-,34?/m1/s1. The van der Waals surface area contributed by atoms with Crippen molar-refractivity contribution in [3.63, 3.8) is 0 Å². The number of halogens is 1. The highest BCUT2D eigenvalue weighted by Crippen LogP contribution is 2.38. The summed E-state index contributed by atoms with van der Waals surface area (Å²) in [5.41, 5.74) is 3.81. The van der Waals surface area contributed by atoms with Crippen LogP contribution in [-0.4, -0.2) is 79.1 Å². The lowest BCUT2D eigenvalue weighted by molar-refractivity contribution is -0.286. The molecule has 0 N–H and O–H groups in total. The number of fused-ring (bicyclic) bond motifs is 2. The maximum absolute atomic E-state index is 6.94. The number of aromatic nitrogens is 3. The van der Waals surface area contributed by atoms with Gasteiger partial charge in [-0.2, -0.15) is 4.98 Å². The predicted molar refractivity (Wildman–Crippen MR) is 197 cm³/mol. The Hall–Kier alpha value is -2.81. The Bertz CT molecular complexity index is 1780. The van der Waals surface area contributed by atoms with Crippen LogP contribution in [0, 0.1) is 0 Å². The van der Waals surface area contributed by atoms with E-state index in [1.165, 1.54) is 0 Å². The zero-order chi connectivity index (χ0) is 35.3. The summed E-state index contributed by atoms with van der Waals surface area (Å²) in [6.07, 6.45) is -0.442. The van der Waals surface area contributed by atoms with Gasteiger partial charge in [0.2, 0.25) is 0 Å². The number of ether oxygens (including phenoxy) is 5. The van der Waals surface area contributed by atoms with Crippen LogP contribution in [-0.2, 0) is 35.0 Å². The van der Waals surface area contributed by atoms with Crippen LogP contribution in [0.5, 0.6) is 6.01 Å². The molecule has 0 bridgehead atoms. The molecular weight excluding hydrogens is 673 g/mol. The molecule has 4 atom stereocenters. The quantitative estimate of drug-likeness (QED) is 0.127. The first kappa shape index (κ1) is 35.6. The van der Waals surface area contributed by atoms with E-state index in [0.29, 0.717) is 48.6 Å². The van der Waals surface area contributed by atoms with E-state index in [1.54, 1.807) is 0 Å². The Labute approximate surface area is 300 Å². The van der Waals surface area contributed by atoms with Crippen LogP contribution in [0.1, 0.15) is 46.0 Å². The normalized spacial score (nSPS) is 24.8. The van der Waals surface area contributed by atoms with Gasteiger partial charge in [0.15, 0.2) is 11.9 Å². The second-order valence-electron chi connectivity index (χ2n) is 15.6. The van der Waals surface area contributed by atoms with Crippen molar-refractivity contribution in [3.05, 3.63) is 71.2 Å². The number of imidazole rings is 1. The lowest BCUT2D eigenvalue weighted by Gasteiger charge is -2.41. The van der Waals surface area contributed by atoms with E-state index in [4.69, 9.17) is 54.6 Å². The van der Waals surface area contributed by atoms with Crippen molar-refractivity contribution in [3.8, 4) is 17.3 Å². The highest BCUT2D eigenvalue weighted by Gasteiger charge is 2.51. The molecule has 3 fully saturated rings. The Kier molecular flexibility index (Phi) is 9.94. The number of nitrogens with zero attached hydrogens (tertiary/aromatic N) is 3. The predicted octanol–water partition coefficient (Wildman–Crippen LogP) is 7.01. The molecule has 2 aromatic carbocycles. The average molecular weight is 720 g/mol. The molecule has 4 aromatic rings. The summed E-state index contributed by atoms with van der Waals surface area (Å²) in [7, 11) is -1.73. The van der Waals surface area contributed by atoms with Gasteiger partial charge in [0.25, 0.3) is 0 Å². The first-order chi connectivity index (χ1) is 23.8. The van der Waals surface area contributed by atoms with Gasteiger partial charge in [-0.15, -0.1) is 0 Å². The maximum atomic E-state index is 6.94. The van der Waals surface area contributed by atoms with Crippen LogP contribution in [0.2, 0.25) is 30.7 Å². The maximum Gasteiger partial charge on any atom is 0.494 e. The third-order valence-corrected chi connectivity index (χ3v) is 12.0. The molecule has 7 rings (SSSR count). The fourth-order valence-corrected chi connectivity index (χ4v) is 7.26. The Morgan fingerprint density at radius 3 is 2.34 bits per heavy atom. The molecule has 0 spiro atoms. The molecule has 3 aliphatic rings. The lowest BCUT2D eigenvalue weighted by atomic mass is 9.79. The first-order valence-corrected chi connectivity index (χ1v) is 21.6. The van der Waals surface area contributed by atoms with Crippen molar-refractivity contribution in [2.45, 2.75) is 102 Å². The van der Waals surface area contributed by atoms with Gasteiger partial charge in [0.05, 0.1) is 46.8 Å². The van der Waals surface area contributed by atoms with Crippen molar-refractivity contribution in [2.75, 3.05) is 19.8 Å². The van der Waals surface area contributed by atoms with Crippen molar-refractivity contribution in [1.29, 1.82) is 0 Å². The molecule has 0 saturated carbocycles. The molecule has 266 valence electrons. The Morgan fingerprint density at radius 1 is 0.920 bits per heavy atom. The van der Waals surface area contributed by atoms with Crippen molar-refractivity contribution in [2.24, 2.45) is 0 Å². The minimum absolute atomic E-state index is 0.155. The molecule has 3 aliphatic heterocycles. The summed E-state index contributed by atoms with van der Waals surface area (Å²) >= 11 is 6.94. The zero-order valence-electron chi connectivity index (χ0n) is 30.0. The first-order valence-electron chi connectivity index (χ1n) is 17.5. The summed E-state index contributed by atoms with van der Waals surface area (Å²) in [6, 6.07) is 21.3. The van der Waals surface area contributed by atoms with Gasteiger partial charge in [0, 0.05) is 32.2 Å². The minimum atomic E-state index is -1.28. The van der Waals surface area contributed by atoms with Gasteiger partial charge in [-0.1, -0.05) is 85.8 Å². The molecule has 0 aliphatic carbocycles. The number of rotatable bonds is 10. The highest BCUT2D eigenvalue weighted by atomic mass is 35.5. The summed E-state index contributed by atoms with van der Waals surface area (Å²) < 4.78 is 45.7. The molecule has 50 heavy (non-hydrogen) atoms. The number of pyridine rings is 1. The van der Waals surface area contributed by atoms with Crippen LogP contribution in [0.3, 0.4) is 0 Å². The molecule has 10 nitrogen and oxygen atoms in total. The largest absolute Gasteiger partial charge is 0.494 e. The summed E-state index contributed by atoms with van der Waals surface area (Å²) in [5, 5.41) is 0.502. The molecule has 13 heteroatoms. The van der Waals surface area contributed by atoms with Crippen molar-refractivity contribution < 1.29 is 33.0 Å². The van der Waals surface area contributed by atoms with Crippen molar-refractivity contribution >= 4 is 43.4 Å². The highest BCUT2D eigenvalue weighted by molar-refractivity contribution is 6.76. The average Bonchev–Trinajstić information content (AvgIpc) is 3.52. The fraction of sp³-hybridized carbons (Fsp3) is 0.514. The number of hydrogen-bond donors (Lipinski definition) is 0. The van der Waals surface area contributed by atoms with E-state index in [9.17, 15) is 0 Å². The van der Waals surface area contributed by atoms with E-state index in [1.807, 2.05) is 92.9 Å². The Balaban J connectivity index is 1.12. The van der Waals surface area contributed by atoms with E-state index < -0.39 is 32.7 Å². The van der Waals surface area contributed by atoms with E-state index in [2.05, 4.69) is 19.6 Å². The van der Waals surface area contributed by atoms with Gasteiger partial charge in [-0.3, -0.25) is 4.57 Å². The summed E-state index contributed by atoms with van der Waals surface area (Å²) in [4.78, 5) is 9.82. The van der Waals surface area contributed by atoms with Gasteiger partial charge >= 0.3 is 13.1 Å². The molecule has 5 heterocycles. The van der Waals surface area contributed by atoms with E-state index in [0.717, 1.165) is 28.2 Å².